The van der Waals surface area contributed by atoms with Gasteiger partial charge in [0.05, 0.1) is 8.15 Å². The molecule has 0 aliphatic rings. The Hall–Kier alpha value is -10.1. The lowest BCUT2D eigenvalue weighted by Crippen LogP contribution is -2.74. The molecule has 15 rings (SSSR count). The maximum absolute atomic E-state index is 15.3. The van der Waals surface area contributed by atoms with Gasteiger partial charge in [-0.1, -0.05) is 392 Å². The van der Waals surface area contributed by atoms with E-state index < -0.39 is 38.6 Å². The van der Waals surface area contributed by atoms with Crippen molar-refractivity contribution in [3.8, 4) is 0 Å². The molecule has 0 saturated heterocycles. The fraction of sp³-hybridized carbons (Fsp3) is 0. The fourth-order valence-electron chi connectivity index (χ4n) is 13.2. The van der Waals surface area contributed by atoms with Gasteiger partial charge in [0, 0.05) is 46.9 Å². The van der Waals surface area contributed by atoms with Crippen LogP contribution in [0, 0.1) is 17.5 Å². The average molecular weight is 1490 g/mol. The monoisotopic (exact) mass is 1480 g/mol. The van der Waals surface area contributed by atoms with Crippen LogP contribution in [-0.4, -0.2) is 21.0 Å². The highest BCUT2D eigenvalue weighted by Crippen LogP contribution is 2.43. The molecule has 0 radical (unpaired) electrons. The summed E-state index contributed by atoms with van der Waals surface area (Å²) in [5, 5.41) is 16.1. The van der Waals surface area contributed by atoms with Crippen LogP contribution in [0.4, 0.5) is 13.2 Å². The number of hydrogen-bond acceptors (Lipinski definition) is 3. The molecular weight excluding hydrogens is 1410 g/mol. The molecule has 0 saturated carbocycles. The molecule has 3 nitrogen and oxygen atoms in total. The predicted molar refractivity (Wildman–Crippen MR) is 434 cm³/mol. The van der Waals surface area contributed by atoms with Crippen LogP contribution in [0.5, 0.6) is 0 Å². The van der Waals surface area contributed by atoms with Crippen molar-refractivity contribution in [3.05, 3.63) is 447 Å². The third kappa shape index (κ3) is 15.8. The second-order valence-corrected chi connectivity index (χ2v) is 39.8. The van der Waals surface area contributed by atoms with Crippen molar-refractivity contribution in [1.82, 2.24) is 0 Å². The summed E-state index contributed by atoms with van der Waals surface area (Å²) >= 11 is 3.18. The summed E-state index contributed by atoms with van der Waals surface area (Å²) in [5.74, 6) is -0.725. The van der Waals surface area contributed by atoms with Crippen molar-refractivity contribution in [2.24, 2.45) is 0 Å². The SMILES string of the molecule is Fc1ccc(Br)cc1.Fc1ccc([Si](c2ccccc2)(c2ccccc2)c2ccc(F)cc2)cc1.O=P(c1ccccc1)(c1ccccc1)c1ccc([Si](c2ccccc2)(c2ccccc2)c2ccc(P(=O)(c3ccccc3)c3ccccc3)cc2)cc1.OP(c1ccccc1)c1ccccc1. The highest BCUT2D eigenvalue weighted by atomic mass is 79.9. The van der Waals surface area contributed by atoms with Crippen molar-refractivity contribution < 1.29 is 27.2 Å². The van der Waals surface area contributed by atoms with Gasteiger partial charge in [-0.2, -0.15) is 0 Å². The molecule has 0 aliphatic heterocycles. The van der Waals surface area contributed by atoms with Crippen LogP contribution in [0.15, 0.2) is 429 Å². The molecule has 0 amide bonds. The highest BCUT2D eigenvalue weighted by molar-refractivity contribution is 9.10. The van der Waals surface area contributed by atoms with Crippen LogP contribution >= 0.6 is 38.4 Å². The lowest BCUT2D eigenvalue weighted by atomic mass is 10.3. The van der Waals surface area contributed by atoms with Gasteiger partial charge in [-0.25, -0.2) is 13.2 Å². The minimum atomic E-state index is -3.16. The second kappa shape index (κ2) is 34.0. The molecule has 0 spiro atoms. The minimum Gasteiger partial charge on any atom is -0.364 e. The van der Waals surface area contributed by atoms with Crippen molar-refractivity contribution >= 4 is 138 Å². The fourth-order valence-corrected chi connectivity index (χ4v) is 29.4. The third-order valence-electron chi connectivity index (χ3n) is 18.0. The van der Waals surface area contributed by atoms with Gasteiger partial charge >= 0.3 is 0 Å². The van der Waals surface area contributed by atoms with Gasteiger partial charge in [-0.3, -0.25) is 0 Å². The summed E-state index contributed by atoms with van der Waals surface area (Å²) < 4.78 is 71.0. The Kier molecular flexibility index (Phi) is 23.9. The number of benzene rings is 15. The zero-order chi connectivity index (χ0) is 70.6. The molecule has 102 heavy (non-hydrogen) atoms. The molecule has 15 aromatic carbocycles. The van der Waals surface area contributed by atoms with Crippen LogP contribution in [-0.2, 0) is 9.13 Å². The standard InChI is InChI=1S/C48H38O2P2Si.C24H18F2Si.C12H11OP.C6H4BrF/c49-51(39-19-7-1-8-20-39,40-21-9-2-10-22-40)43-31-35-47(36-32-43)53(45-27-15-5-16-28-45,46-29-17-6-18-30-46)48-37-33-44(34-38-48)52(50,41-23-11-3-12-24-41)42-25-13-4-14-26-42;25-19-11-15-23(16-12-19)27(21-7-3-1-4-8-21,22-9-5-2-6-10-22)24-17-13-20(26)14-18-24;13-14(11-7-3-1-4-8-11)12-9-5-2-6-10-12;7-5-1-3-6(8)4-2-5/h1-38H;1-18H;1-10,13H;1-4H. The van der Waals surface area contributed by atoms with E-state index in [1.54, 1.807) is 12.1 Å². The lowest BCUT2D eigenvalue weighted by Gasteiger charge is -2.35. The molecule has 15 aromatic rings. The molecule has 0 fully saturated rings. The van der Waals surface area contributed by atoms with E-state index in [0.29, 0.717) is 0 Å². The van der Waals surface area contributed by atoms with Crippen LogP contribution < -0.4 is 83.9 Å². The Balaban J connectivity index is 0.000000163. The molecule has 12 heteroatoms. The molecule has 0 unspecified atom stereocenters. The summed E-state index contributed by atoms with van der Waals surface area (Å²) in [6.45, 7) is 0. The predicted octanol–water partition coefficient (Wildman–Crippen LogP) is 14.3. The normalized spacial score (nSPS) is 11.4. The summed E-state index contributed by atoms with van der Waals surface area (Å²) in [5.41, 5.74) is 0. The molecule has 0 heterocycles. The Morgan fingerprint density at radius 1 is 0.225 bits per heavy atom. The Bertz CT molecular complexity index is 4740. The third-order valence-corrected chi connectivity index (χ3v) is 35.8. The van der Waals surface area contributed by atoms with E-state index in [1.807, 2.05) is 243 Å². The van der Waals surface area contributed by atoms with Gasteiger partial charge in [0.25, 0.3) is 0 Å². The Labute approximate surface area is 607 Å². The van der Waals surface area contributed by atoms with Gasteiger partial charge in [-0.05, 0) is 90.0 Å². The van der Waals surface area contributed by atoms with E-state index in [-0.39, 0.29) is 17.5 Å². The maximum Gasteiger partial charge on any atom is 0.179 e. The zero-order valence-electron chi connectivity index (χ0n) is 55.5. The first kappa shape index (κ1) is 71.7. The second-order valence-electron chi connectivity index (χ2n) is 24.1. The molecule has 0 aliphatic carbocycles. The van der Waals surface area contributed by atoms with E-state index in [4.69, 9.17) is 0 Å². The van der Waals surface area contributed by atoms with Crippen molar-refractivity contribution in [1.29, 1.82) is 0 Å². The zero-order valence-corrected chi connectivity index (χ0v) is 61.8. The summed E-state index contributed by atoms with van der Waals surface area (Å²) in [7, 11) is -13.1. The van der Waals surface area contributed by atoms with Crippen LogP contribution in [0.1, 0.15) is 0 Å². The van der Waals surface area contributed by atoms with Crippen LogP contribution in [0.25, 0.3) is 0 Å². The largest absolute Gasteiger partial charge is 0.364 e. The molecule has 0 atom stereocenters. The minimum absolute atomic E-state index is 0.201. The summed E-state index contributed by atoms with van der Waals surface area (Å²) in [6, 6.07) is 138. The van der Waals surface area contributed by atoms with E-state index in [9.17, 15) is 18.1 Å². The van der Waals surface area contributed by atoms with Gasteiger partial charge in [0.2, 0.25) is 0 Å². The topological polar surface area (TPSA) is 54.4 Å². The first-order valence-electron chi connectivity index (χ1n) is 33.3. The smallest absolute Gasteiger partial charge is 0.179 e. The molecule has 1 N–H and O–H groups in total. The molecule has 0 bridgehead atoms. The van der Waals surface area contributed by atoms with Crippen LogP contribution in [0.3, 0.4) is 0 Å². The summed E-state index contributed by atoms with van der Waals surface area (Å²) in [4.78, 5) is 10.1. The van der Waals surface area contributed by atoms with E-state index in [2.05, 4.69) is 149 Å². The van der Waals surface area contributed by atoms with Gasteiger partial charge in [0.1, 0.15) is 17.5 Å². The van der Waals surface area contributed by atoms with Crippen molar-refractivity contribution in [3.63, 3.8) is 0 Å². The van der Waals surface area contributed by atoms with E-state index in [1.165, 1.54) is 67.5 Å². The lowest BCUT2D eigenvalue weighted by molar-refractivity contribution is 0.591. The molecular formula is C90H71BrF3O3P3Si2. The van der Waals surface area contributed by atoms with E-state index in [0.717, 1.165) is 57.3 Å². The molecule has 0 aromatic heterocycles. The first-order valence-corrected chi connectivity index (χ1v) is 42.8. The molecule has 500 valence electrons. The van der Waals surface area contributed by atoms with Crippen molar-refractivity contribution in [2.45, 2.75) is 0 Å². The van der Waals surface area contributed by atoms with Crippen molar-refractivity contribution in [2.75, 3.05) is 0 Å². The van der Waals surface area contributed by atoms with Gasteiger partial charge < -0.3 is 14.0 Å². The Morgan fingerprint density at radius 3 is 0.608 bits per heavy atom. The maximum atomic E-state index is 15.3. The van der Waals surface area contributed by atoms with Gasteiger partial charge in [0.15, 0.2) is 30.4 Å². The van der Waals surface area contributed by atoms with Gasteiger partial charge in [-0.15, -0.1) is 0 Å². The number of hydrogen-bond donors (Lipinski definition) is 1. The first-order chi connectivity index (χ1) is 49.9. The van der Waals surface area contributed by atoms with Crippen LogP contribution in [0.2, 0.25) is 0 Å². The highest BCUT2D eigenvalue weighted by Gasteiger charge is 2.44. The Morgan fingerprint density at radius 2 is 0.392 bits per heavy atom. The average Bonchev–Trinajstić information content (AvgIpc) is 0.732. The summed E-state index contributed by atoms with van der Waals surface area (Å²) in [6.07, 6.45) is 0. The number of halogens is 4. The number of rotatable bonds is 16. The quantitative estimate of drug-likeness (QED) is 0.0596. The van der Waals surface area contributed by atoms with E-state index >= 15 is 9.13 Å².